The lowest BCUT2D eigenvalue weighted by molar-refractivity contribution is -0.865. The minimum atomic E-state index is -4.16. The van der Waals surface area contributed by atoms with Gasteiger partial charge in [0.25, 0.3) is 5.52 Å². The molecule has 0 atom stereocenters. The van der Waals surface area contributed by atoms with Gasteiger partial charge >= 0.3 is 10.4 Å². The van der Waals surface area contributed by atoms with Crippen molar-refractivity contribution in [1.82, 2.24) is 0 Å². The number of rotatable bonds is 3. The van der Waals surface area contributed by atoms with Crippen LogP contribution < -0.4 is 9.57 Å². The van der Waals surface area contributed by atoms with E-state index in [1.807, 2.05) is 24.3 Å². The Hall–Kier alpha value is -2.39. The summed E-state index contributed by atoms with van der Waals surface area (Å²) in [4.78, 5) is 7.93. The summed E-state index contributed by atoms with van der Waals surface area (Å²) in [5.41, 5.74) is 9.89. The van der Waals surface area contributed by atoms with Crippen LogP contribution in [0.15, 0.2) is 41.6 Å². The fourth-order valence-electron chi connectivity index (χ4n) is 1.49. The highest BCUT2D eigenvalue weighted by Gasteiger charge is 2.11. The summed E-state index contributed by atoms with van der Waals surface area (Å²) < 4.78 is 31.3. The van der Waals surface area contributed by atoms with E-state index >= 15 is 0 Å². The predicted octanol–water partition coefficient (Wildman–Crippen LogP) is 1.56. The number of aromatic nitrogens is 1. The molecule has 2 rings (SSSR count). The maximum absolute atomic E-state index is 9.33. The Labute approximate surface area is 120 Å². The van der Waals surface area contributed by atoms with Gasteiger partial charge in [-0.1, -0.05) is 17.2 Å². The van der Waals surface area contributed by atoms with Crippen molar-refractivity contribution in [2.45, 2.75) is 0 Å². The molecule has 112 valence electrons. The standard InChI is InChI=1S/C10H9N4O.CH4O4S/c1-15-14-7-6-9(12-13-11)8-4-2-3-5-10(8)14;1-5-6(2,3)4/h2-7H,1H3;1H3,(H,2,3,4)/q+1;. The highest BCUT2D eigenvalue weighted by molar-refractivity contribution is 7.80. The van der Waals surface area contributed by atoms with Gasteiger partial charge in [-0.15, -0.1) is 0 Å². The summed E-state index contributed by atoms with van der Waals surface area (Å²) in [5, 5.41) is 4.48. The number of azide groups is 1. The molecule has 0 unspecified atom stereocenters. The molecule has 21 heavy (non-hydrogen) atoms. The van der Waals surface area contributed by atoms with Crippen molar-refractivity contribution in [2.75, 3.05) is 14.2 Å². The number of nitrogens with zero attached hydrogens (tertiary/aromatic N) is 4. The van der Waals surface area contributed by atoms with Crippen LogP contribution in [0.3, 0.4) is 0 Å². The quantitative estimate of drug-likeness (QED) is 0.302. The van der Waals surface area contributed by atoms with Crippen LogP contribution in [0, 0.1) is 0 Å². The van der Waals surface area contributed by atoms with Gasteiger partial charge in [0.05, 0.1) is 18.2 Å². The summed E-state index contributed by atoms with van der Waals surface area (Å²) in [5.74, 6) is 0. The van der Waals surface area contributed by atoms with E-state index < -0.39 is 10.4 Å². The highest BCUT2D eigenvalue weighted by atomic mass is 32.3. The van der Waals surface area contributed by atoms with Crippen molar-refractivity contribution >= 4 is 27.0 Å². The van der Waals surface area contributed by atoms with Crippen molar-refractivity contribution in [3.8, 4) is 0 Å². The first-order valence-electron chi connectivity index (χ1n) is 5.49. The van der Waals surface area contributed by atoms with Gasteiger partial charge in [-0.25, -0.2) is 0 Å². The fourth-order valence-corrected chi connectivity index (χ4v) is 1.49. The number of hydrogen-bond donors (Lipinski definition) is 1. The van der Waals surface area contributed by atoms with Crippen molar-refractivity contribution < 1.29 is 26.7 Å². The molecule has 0 radical (unpaired) electrons. The Morgan fingerprint density at radius 1 is 1.29 bits per heavy atom. The molecular weight excluding hydrogens is 300 g/mol. The van der Waals surface area contributed by atoms with E-state index in [1.54, 1.807) is 24.1 Å². The third-order valence-electron chi connectivity index (χ3n) is 2.35. The SMILES string of the molecule is COS(=O)(=O)O.CO[n+]1ccc(N=[N+]=[N-])c2ccccc21. The van der Waals surface area contributed by atoms with Gasteiger partial charge in [0, 0.05) is 21.8 Å². The van der Waals surface area contributed by atoms with Gasteiger partial charge in [0.15, 0.2) is 0 Å². The van der Waals surface area contributed by atoms with Gasteiger partial charge in [0.1, 0.15) is 7.11 Å². The Kier molecular flexibility index (Phi) is 5.88. The minimum Gasteiger partial charge on any atom is -0.274 e. The molecule has 1 aromatic carbocycles. The lowest BCUT2D eigenvalue weighted by Crippen LogP contribution is -2.40. The van der Waals surface area contributed by atoms with Crippen molar-refractivity contribution in [3.05, 3.63) is 47.0 Å². The van der Waals surface area contributed by atoms with E-state index in [9.17, 15) is 8.42 Å². The molecule has 0 spiro atoms. The molecule has 0 amide bonds. The lowest BCUT2D eigenvalue weighted by Gasteiger charge is -1.99. The van der Waals surface area contributed by atoms with Crippen LogP contribution in [0.1, 0.15) is 0 Å². The molecule has 0 aliphatic rings. The first kappa shape index (κ1) is 16.7. The Morgan fingerprint density at radius 2 is 1.90 bits per heavy atom. The van der Waals surface area contributed by atoms with Gasteiger partial charge < -0.3 is 0 Å². The van der Waals surface area contributed by atoms with Crippen LogP contribution in [-0.2, 0) is 14.6 Å². The topological polar surface area (TPSA) is 125 Å². The Bertz CT molecular complexity index is 771. The molecule has 10 heteroatoms. The summed E-state index contributed by atoms with van der Waals surface area (Å²) >= 11 is 0. The number of fused-ring (bicyclic) bond motifs is 1. The van der Waals surface area contributed by atoms with Crippen LogP contribution in [0.2, 0.25) is 0 Å². The predicted molar refractivity (Wildman–Crippen MR) is 74.0 cm³/mol. The zero-order chi connectivity index (χ0) is 15.9. The maximum atomic E-state index is 9.33. The number of benzene rings is 1. The maximum Gasteiger partial charge on any atom is 0.397 e. The number of pyridine rings is 1. The molecule has 1 heterocycles. The molecule has 1 N–H and O–H groups in total. The molecule has 0 aliphatic heterocycles. The molecule has 9 nitrogen and oxygen atoms in total. The second kappa shape index (κ2) is 7.41. The summed E-state index contributed by atoms with van der Waals surface area (Å²) in [6.07, 6.45) is 1.71. The monoisotopic (exact) mass is 313 g/mol. The van der Waals surface area contributed by atoms with Crippen molar-refractivity contribution in [3.63, 3.8) is 0 Å². The third kappa shape index (κ3) is 4.89. The van der Waals surface area contributed by atoms with Crippen LogP contribution in [-0.4, -0.2) is 27.2 Å². The smallest absolute Gasteiger partial charge is 0.274 e. The molecular formula is C11H13N4O5S+. The lowest BCUT2D eigenvalue weighted by atomic mass is 10.2. The summed E-state index contributed by atoms with van der Waals surface area (Å²) in [7, 11) is -1.71. The van der Waals surface area contributed by atoms with Gasteiger partial charge in [-0.3, -0.25) is 13.6 Å². The summed E-state index contributed by atoms with van der Waals surface area (Å²) in [6.45, 7) is 0. The van der Waals surface area contributed by atoms with Crippen molar-refractivity contribution in [1.29, 1.82) is 0 Å². The number of hydrogen-bond acceptors (Lipinski definition) is 5. The van der Waals surface area contributed by atoms with Gasteiger partial charge in [-0.05, 0) is 11.6 Å². The molecule has 2 aromatic rings. The van der Waals surface area contributed by atoms with E-state index in [2.05, 4.69) is 14.2 Å². The fraction of sp³-hybridized carbons (Fsp3) is 0.182. The number of para-hydroxylation sites is 1. The van der Waals surface area contributed by atoms with Crippen LogP contribution in [0.5, 0.6) is 0 Å². The molecule has 0 aliphatic carbocycles. The van der Waals surface area contributed by atoms with E-state index in [-0.39, 0.29) is 0 Å². The van der Waals surface area contributed by atoms with Crippen LogP contribution in [0.4, 0.5) is 5.69 Å². The zero-order valence-corrected chi connectivity index (χ0v) is 12.1. The highest BCUT2D eigenvalue weighted by Crippen LogP contribution is 2.22. The molecule has 0 saturated heterocycles. The third-order valence-corrected chi connectivity index (χ3v) is 2.77. The van der Waals surface area contributed by atoms with E-state index in [0.29, 0.717) is 5.69 Å². The van der Waals surface area contributed by atoms with Crippen LogP contribution >= 0.6 is 0 Å². The average Bonchev–Trinajstić information content (AvgIpc) is 2.48. The van der Waals surface area contributed by atoms with Gasteiger partial charge in [0.2, 0.25) is 6.20 Å². The largest absolute Gasteiger partial charge is 0.397 e. The second-order valence-corrected chi connectivity index (χ2v) is 4.70. The molecule has 0 saturated carbocycles. The second-order valence-electron chi connectivity index (χ2n) is 3.51. The molecule has 0 fully saturated rings. The minimum absolute atomic E-state index is 0.599. The first-order valence-corrected chi connectivity index (χ1v) is 6.85. The molecule has 1 aromatic heterocycles. The zero-order valence-electron chi connectivity index (χ0n) is 11.2. The van der Waals surface area contributed by atoms with Crippen molar-refractivity contribution in [2.24, 2.45) is 5.11 Å². The molecule has 0 bridgehead atoms. The van der Waals surface area contributed by atoms with E-state index in [1.165, 1.54) is 0 Å². The van der Waals surface area contributed by atoms with Crippen LogP contribution in [0.25, 0.3) is 21.3 Å². The normalized spacial score (nSPS) is 10.2. The first-order chi connectivity index (χ1) is 9.92. The summed E-state index contributed by atoms with van der Waals surface area (Å²) in [6, 6.07) is 9.28. The average molecular weight is 313 g/mol. The Balaban J connectivity index is 0.000000315. The van der Waals surface area contributed by atoms with E-state index in [0.717, 1.165) is 18.0 Å². The van der Waals surface area contributed by atoms with Gasteiger partial charge in [-0.2, -0.15) is 8.42 Å². The van der Waals surface area contributed by atoms with E-state index in [4.69, 9.17) is 14.9 Å². The Morgan fingerprint density at radius 3 is 2.43 bits per heavy atom.